The molecule has 1 aromatic heterocycles. The van der Waals surface area contributed by atoms with Crippen LogP contribution in [0.15, 0.2) is 12.5 Å². The lowest BCUT2D eigenvalue weighted by atomic mass is 10.1. The molecule has 0 aromatic carbocycles. The van der Waals surface area contributed by atoms with Gasteiger partial charge in [0.15, 0.2) is 0 Å². The molecule has 0 radical (unpaired) electrons. The van der Waals surface area contributed by atoms with Crippen LogP contribution in [-0.2, 0) is 4.79 Å². The second-order valence-electron chi connectivity index (χ2n) is 4.64. The molecule has 16 heavy (non-hydrogen) atoms. The van der Waals surface area contributed by atoms with Gasteiger partial charge in [-0.1, -0.05) is 0 Å². The molecule has 5 nitrogen and oxygen atoms in total. The van der Waals surface area contributed by atoms with E-state index in [-0.39, 0.29) is 18.0 Å². The number of likely N-dealkylation sites (tertiary alicyclic amines) is 1. The molecule has 88 valence electrons. The van der Waals surface area contributed by atoms with E-state index in [4.69, 9.17) is 5.73 Å². The van der Waals surface area contributed by atoms with Crippen LogP contribution in [0.3, 0.4) is 0 Å². The lowest BCUT2D eigenvalue weighted by molar-refractivity contribution is -0.127. The van der Waals surface area contributed by atoms with E-state index in [1.165, 1.54) is 0 Å². The van der Waals surface area contributed by atoms with Crippen LogP contribution in [0.5, 0.6) is 0 Å². The molecule has 0 spiro atoms. The topological polar surface area (TPSA) is 64.2 Å². The van der Waals surface area contributed by atoms with Crippen molar-refractivity contribution in [3.8, 4) is 0 Å². The summed E-state index contributed by atoms with van der Waals surface area (Å²) >= 11 is 0. The number of carbonyl (C=O) groups excluding carboxylic acids is 1. The van der Waals surface area contributed by atoms with Crippen molar-refractivity contribution in [2.24, 2.45) is 5.73 Å². The fraction of sp³-hybridized carbons (Fsp3) is 0.636. The Morgan fingerprint density at radius 3 is 2.75 bits per heavy atom. The average molecular weight is 222 g/mol. The lowest BCUT2D eigenvalue weighted by Gasteiger charge is -2.25. The Balaban J connectivity index is 2.36. The Labute approximate surface area is 95.2 Å². The van der Waals surface area contributed by atoms with Crippen LogP contribution < -0.4 is 5.73 Å². The van der Waals surface area contributed by atoms with Crippen molar-refractivity contribution in [2.75, 3.05) is 7.05 Å². The van der Waals surface area contributed by atoms with Crippen LogP contribution in [0, 0.1) is 0 Å². The van der Waals surface area contributed by atoms with Crippen LogP contribution in [0.1, 0.15) is 38.0 Å². The van der Waals surface area contributed by atoms with Crippen LogP contribution >= 0.6 is 0 Å². The van der Waals surface area contributed by atoms with Gasteiger partial charge in [0.25, 0.3) is 0 Å². The molecule has 0 saturated carbocycles. The van der Waals surface area contributed by atoms with Crippen LogP contribution in [0.25, 0.3) is 0 Å². The Hall–Kier alpha value is -1.36. The molecule has 0 aliphatic carbocycles. The fourth-order valence-corrected chi connectivity index (χ4v) is 2.29. The highest BCUT2D eigenvalue weighted by Crippen LogP contribution is 2.31. The molecule has 1 saturated heterocycles. The van der Waals surface area contributed by atoms with Crippen molar-refractivity contribution in [1.29, 1.82) is 0 Å². The van der Waals surface area contributed by atoms with Gasteiger partial charge in [0.05, 0.1) is 24.3 Å². The number of nitrogens with two attached hydrogens (primary N) is 1. The maximum Gasteiger partial charge on any atom is 0.224 e. The molecule has 1 aliphatic heterocycles. The van der Waals surface area contributed by atoms with E-state index in [2.05, 4.69) is 23.4 Å². The Morgan fingerprint density at radius 2 is 2.25 bits per heavy atom. The number of aromatic nitrogens is 2. The molecular formula is C11H18N4O. The normalized spacial score (nSPS) is 25.8. The standard InChI is InChI=1S/C11H18N4O/c1-7(2)15-6-13-5-9(15)11-8(12)4-10(16)14(11)3/h5-8,11H,4,12H2,1-3H3. The van der Waals surface area contributed by atoms with E-state index in [1.807, 2.05) is 0 Å². The van der Waals surface area contributed by atoms with Crippen molar-refractivity contribution in [1.82, 2.24) is 14.5 Å². The van der Waals surface area contributed by atoms with Crippen LogP contribution in [0.4, 0.5) is 0 Å². The van der Waals surface area contributed by atoms with Crippen molar-refractivity contribution < 1.29 is 4.79 Å². The first-order valence-corrected chi connectivity index (χ1v) is 5.55. The molecule has 2 heterocycles. The number of nitrogens with zero attached hydrogens (tertiary/aromatic N) is 3. The molecule has 1 aromatic rings. The Bertz CT molecular complexity index is 398. The molecular weight excluding hydrogens is 204 g/mol. The summed E-state index contributed by atoms with van der Waals surface area (Å²) in [5.41, 5.74) is 7.04. The number of likely N-dealkylation sites (N-methyl/N-ethyl adjacent to an activating group) is 1. The molecule has 1 aliphatic rings. The average Bonchev–Trinajstić information content (AvgIpc) is 2.73. The highest BCUT2D eigenvalue weighted by atomic mass is 16.2. The molecule has 5 heteroatoms. The summed E-state index contributed by atoms with van der Waals surface area (Å²) in [4.78, 5) is 17.5. The van der Waals surface area contributed by atoms with Crippen molar-refractivity contribution in [2.45, 2.75) is 38.4 Å². The predicted octanol–water partition coefficient (Wildman–Crippen LogP) is 0.695. The summed E-state index contributed by atoms with van der Waals surface area (Å²) in [5, 5.41) is 0. The van der Waals surface area contributed by atoms with Gasteiger partial charge in [-0.3, -0.25) is 4.79 Å². The first-order valence-electron chi connectivity index (χ1n) is 5.55. The third-order valence-electron chi connectivity index (χ3n) is 3.18. The lowest BCUT2D eigenvalue weighted by Crippen LogP contribution is -2.32. The van der Waals surface area contributed by atoms with Crippen molar-refractivity contribution in [3.05, 3.63) is 18.2 Å². The predicted molar refractivity (Wildman–Crippen MR) is 60.7 cm³/mol. The zero-order valence-electron chi connectivity index (χ0n) is 9.92. The van der Waals surface area contributed by atoms with Gasteiger partial charge in [-0.25, -0.2) is 4.98 Å². The van der Waals surface area contributed by atoms with Gasteiger partial charge in [-0.05, 0) is 13.8 Å². The minimum Gasteiger partial charge on any atom is -0.336 e. The first kappa shape index (κ1) is 11.1. The SMILES string of the molecule is CC(C)n1cncc1C1C(N)CC(=O)N1C. The molecule has 2 rings (SSSR count). The number of imidazole rings is 1. The fourth-order valence-electron chi connectivity index (χ4n) is 2.29. The third kappa shape index (κ3) is 1.61. The van der Waals surface area contributed by atoms with E-state index in [9.17, 15) is 4.79 Å². The van der Waals surface area contributed by atoms with Gasteiger partial charge >= 0.3 is 0 Å². The Morgan fingerprint density at radius 1 is 1.56 bits per heavy atom. The van der Waals surface area contributed by atoms with Gasteiger partial charge in [0.2, 0.25) is 5.91 Å². The Kier molecular flexibility index (Phi) is 2.71. The minimum atomic E-state index is -0.133. The van der Waals surface area contributed by atoms with Crippen molar-refractivity contribution >= 4 is 5.91 Å². The maximum atomic E-state index is 11.6. The zero-order valence-corrected chi connectivity index (χ0v) is 9.92. The minimum absolute atomic E-state index is 0.0441. The largest absolute Gasteiger partial charge is 0.336 e. The smallest absolute Gasteiger partial charge is 0.224 e. The van der Waals surface area contributed by atoms with E-state index in [1.54, 1.807) is 24.5 Å². The monoisotopic (exact) mass is 222 g/mol. The quantitative estimate of drug-likeness (QED) is 0.801. The zero-order chi connectivity index (χ0) is 11.9. The second kappa shape index (κ2) is 3.90. The molecule has 0 bridgehead atoms. The number of amides is 1. The summed E-state index contributed by atoms with van der Waals surface area (Å²) in [6.07, 6.45) is 4.02. The van der Waals surface area contributed by atoms with E-state index in [0.29, 0.717) is 12.5 Å². The first-order chi connectivity index (χ1) is 7.52. The highest BCUT2D eigenvalue weighted by molar-refractivity contribution is 5.79. The summed E-state index contributed by atoms with van der Waals surface area (Å²) in [7, 11) is 1.80. The number of rotatable bonds is 2. The van der Waals surface area contributed by atoms with E-state index >= 15 is 0 Å². The van der Waals surface area contributed by atoms with Crippen LogP contribution in [-0.4, -0.2) is 33.4 Å². The number of carbonyl (C=O) groups is 1. The molecule has 1 fully saturated rings. The summed E-state index contributed by atoms with van der Waals surface area (Å²) in [6.45, 7) is 4.18. The molecule has 2 N–H and O–H groups in total. The van der Waals surface area contributed by atoms with E-state index in [0.717, 1.165) is 5.69 Å². The summed E-state index contributed by atoms with van der Waals surface area (Å²) in [5.74, 6) is 0.106. The number of hydrogen-bond donors (Lipinski definition) is 1. The highest BCUT2D eigenvalue weighted by Gasteiger charge is 2.38. The van der Waals surface area contributed by atoms with Crippen molar-refractivity contribution in [3.63, 3.8) is 0 Å². The van der Waals surface area contributed by atoms with Gasteiger partial charge in [0.1, 0.15) is 0 Å². The summed E-state index contributed by atoms with van der Waals surface area (Å²) < 4.78 is 2.07. The summed E-state index contributed by atoms with van der Waals surface area (Å²) in [6, 6.07) is 0.151. The van der Waals surface area contributed by atoms with Gasteiger partial charge in [-0.15, -0.1) is 0 Å². The molecule has 2 atom stereocenters. The maximum absolute atomic E-state index is 11.6. The second-order valence-corrected chi connectivity index (χ2v) is 4.64. The van der Waals surface area contributed by atoms with Gasteiger partial charge < -0.3 is 15.2 Å². The van der Waals surface area contributed by atoms with Gasteiger partial charge in [0, 0.05) is 25.6 Å². The molecule has 2 unspecified atom stereocenters. The number of hydrogen-bond acceptors (Lipinski definition) is 3. The van der Waals surface area contributed by atoms with Gasteiger partial charge in [-0.2, -0.15) is 0 Å². The molecule has 1 amide bonds. The third-order valence-corrected chi connectivity index (χ3v) is 3.18. The van der Waals surface area contributed by atoms with Crippen LogP contribution in [0.2, 0.25) is 0 Å². The van der Waals surface area contributed by atoms with E-state index < -0.39 is 0 Å².